The molecule has 1 atom stereocenters. The van der Waals surface area contributed by atoms with Crippen LogP contribution >= 0.6 is 23.4 Å². The molecule has 0 radical (unpaired) electrons. The number of fused-ring (bicyclic) bond motifs is 1. The van der Waals surface area contributed by atoms with E-state index < -0.39 is 0 Å². The van der Waals surface area contributed by atoms with Crippen LogP contribution in [0.1, 0.15) is 35.3 Å². The maximum atomic E-state index is 13.6. The molecule has 2 aliphatic heterocycles. The third kappa shape index (κ3) is 5.17. The second kappa shape index (κ2) is 10.6. The largest absolute Gasteiger partial charge is 0.340 e. The number of allylic oxidation sites excluding steroid dienone is 1. The molecule has 182 valence electrons. The van der Waals surface area contributed by atoms with Gasteiger partial charge in [-0.3, -0.25) is 9.59 Å². The van der Waals surface area contributed by atoms with Gasteiger partial charge in [0, 0.05) is 34.3 Å². The Bertz CT molecular complexity index is 1370. The van der Waals surface area contributed by atoms with Gasteiger partial charge < -0.3 is 15.5 Å². The van der Waals surface area contributed by atoms with Crippen molar-refractivity contribution in [3.05, 3.63) is 106 Å². The average Bonchev–Trinajstić information content (AvgIpc) is 2.88. The maximum absolute atomic E-state index is 13.6. The fourth-order valence-corrected chi connectivity index (χ4v) is 5.66. The van der Waals surface area contributed by atoms with E-state index in [0.717, 1.165) is 35.1 Å². The smallest absolute Gasteiger partial charge is 0.255 e. The lowest BCUT2D eigenvalue weighted by Gasteiger charge is -2.41. The molecule has 36 heavy (non-hydrogen) atoms. The van der Waals surface area contributed by atoms with Gasteiger partial charge in [-0.2, -0.15) is 0 Å². The molecule has 0 saturated carbocycles. The van der Waals surface area contributed by atoms with E-state index in [2.05, 4.69) is 15.5 Å². The average molecular weight is 517 g/mol. The Balaban J connectivity index is 1.48. The highest BCUT2D eigenvalue weighted by Gasteiger charge is 2.37. The Morgan fingerprint density at radius 1 is 0.944 bits per heavy atom. The van der Waals surface area contributed by atoms with Crippen LogP contribution in [0.4, 0.5) is 11.4 Å². The zero-order valence-electron chi connectivity index (χ0n) is 19.7. The molecule has 1 saturated heterocycles. The minimum Gasteiger partial charge on any atom is -0.340 e. The molecule has 2 aliphatic rings. The standard InChI is InChI=1S/C28H25ClN4O2S/c1-18-24(27(35)31-22-11-3-2-4-12-22)25(33-14-7-15-36-28(33)30-18)19-8-6-13-23(17-19)32-26(34)20-9-5-10-21(29)16-20/h2-6,8-13,16-17,25H,7,14-15H2,1H3,(H,31,35)(H,32,34). The van der Waals surface area contributed by atoms with Crippen molar-refractivity contribution in [2.75, 3.05) is 22.9 Å². The summed E-state index contributed by atoms with van der Waals surface area (Å²) < 4.78 is 0. The van der Waals surface area contributed by atoms with Crippen LogP contribution in [0, 0.1) is 0 Å². The number of amidine groups is 1. The predicted octanol–water partition coefficient (Wildman–Crippen LogP) is 6.35. The van der Waals surface area contributed by atoms with Crippen LogP contribution < -0.4 is 10.6 Å². The number of thioether (sulfide) groups is 1. The zero-order valence-corrected chi connectivity index (χ0v) is 21.3. The normalized spacial score (nSPS) is 17.2. The monoisotopic (exact) mass is 516 g/mol. The number of halogens is 1. The zero-order chi connectivity index (χ0) is 25.1. The molecule has 5 rings (SSSR count). The summed E-state index contributed by atoms with van der Waals surface area (Å²) in [5.41, 5.74) is 4.06. The molecule has 1 unspecified atom stereocenters. The Labute approximate surface area is 219 Å². The van der Waals surface area contributed by atoms with E-state index in [9.17, 15) is 9.59 Å². The third-order valence-electron chi connectivity index (χ3n) is 6.08. The summed E-state index contributed by atoms with van der Waals surface area (Å²) in [5, 5.41) is 7.42. The number of benzene rings is 3. The summed E-state index contributed by atoms with van der Waals surface area (Å²) in [7, 11) is 0. The van der Waals surface area contributed by atoms with Crippen LogP contribution in [0.5, 0.6) is 0 Å². The minimum absolute atomic E-state index is 0.185. The first-order valence-corrected chi connectivity index (χ1v) is 13.1. The van der Waals surface area contributed by atoms with E-state index in [1.165, 1.54) is 0 Å². The van der Waals surface area contributed by atoms with Crippen molar-refractivity contribution in [3.8, 4) is 0 Å². The molecular formula is C28H25ClN4O2S. The molecule has 2 amide bonds. The number of rotatable bonds is 5. The molecule has 2 heterocycles. The van der Waals surface area contributed by atoms with Crippen molar-refractivity contribution in [2.24, 2.45) is 4.99 Å². The third-order valence-corrected chi connectivity index (χ3v) is 7.39. The number of hydrogen-bond donors (Lipinski definition) is 2. The maximum Gasteiger partial charge on any atom is 0.255 e. The first-order chi connectivity index (χ1) is 17.5. The van der Waals surface area contributed by atoms with Crippen molar-refractivity contribution in [3.63, 3.8) is 0 Å². The number of hydrogen-bond acceptors (Lipinski definition) is 5. The number of aliphatic imine (C=N–C) groups is 1. The van der Waals surface area contributed by atoms with Crippen LogP contribution in [0.2, 0.25) is 5.02 Å². The van der Waals surface area contributed by atoms with Gasteiger partial charge in [0.15, 0.2) is 5.17 Å². The van der Waals surface area contributed by atoms with E-state index in [1.807, 2.05) is 61.5 Å². The molecule has 2 N–H and O–H groups in total. The van der Waals surface area contributed by atoms with Gasteiger partial charge in [0.1, 0.15) is 0 Å². The molecule has 0 bridgehead atoms. The van der Waals surface area contributed by atoms with Crippen LogP contribution in [0.15, 0.2) is 95.1 Å². The highest BCUT2D eigenvalue weighted by atomic mass is 35.5. The number of nitrogens with zero attached hydrogens (tertiary/aromatic N) is 2. The van der Waals surface area contributed by atoms with Crippen LogP contribution in [0.25, 0.3) is 0 Å². The lowest BCUT2D eigenvalue weighted by Crippen LogP contribution is -2.43. The molecule has 0 spiro atoms. The Hall–Kier alpha value is -3.55. The molecule has 0 aliphatic carbocycles. The summed E-state index contributed by atoms with van der Waals surface area (Å²) in [6.07, 6.45) is 0.998. The van der Waals surface area contributed by atoms with E-state index in [-0.39, 0.29) is 17.9 Å². The lowest BCUT2D eigenvalue weighted by atomic mass is 9.93. The molecule has 0 aromatic heterocycles. The number of carbonyl (C=O) groups excluding carboxylic acids is 2. The summed E-state index contributed by atoms with van der Waals surface area (Å²) in [5.74, 6) is 0.564. The Morgan fingerprint density at radius 3 is 2.50 bits per heavy atom. The topological polar surface area (TPSA) is 73.8 Å². The molecule has 8 heteroatoms. The summed E-state index contributed by atoms with van der Waals surface area (Å²) >= 11 is 7.77. The van der Waals surface area contributed by atoms with Crippen LogP contribution in [-0.2, 0) is 4.79 Å². The number of carbonyl (C=O) groups is 2. The van der Waals surface area contributed by atoms with Crippen molar-refractivity contribution in [2.45, 2.75) is 19.4 Å². The van der Waals surface area contributed by atoms with E-state index in [0.29, 0.717) is 27.5 Å². The van der Waals surface area contributed by atoms with Gasteiger partial charge in [-0.15, -0.1) is 0 Å². The van der Waals surface area contributed by atoms with Gasteiger partial charge in [0.25, 0.3) is 11.8 Å². The highest BCUT2D eigenvalue weighted by molar-refractivity contribution is 8.13. The number of para-hydroxylation sites is 1. The molecule has 1 fully saturated rings. The second-order valence-electron chi connectivity index (χ2n) is 8.60. The fourth-order valence-electron chi connectivity index (χ4n) is 4.44. The lowest BCUT2D eigenvalue weighted by molar-refractivity contribution is -0.113. The summed E-state index contributed by atoms with van der Waals surface area (Å²) in [4.78, 5) is 33.4. The van der Waals surface area contributed by atoms with Gasteiger partial charge in [-0.05, 0) is 61.4 Å². The number of anilines is 2. The molecule has 6 nitrogen and oxygen atoms in total. The van der Waals surface area contributed by atoms with Gasteiger partial charge >= 0.3 is 0 Å². The predicted molar refractivity (Wildman–Crippen MR) is 148 cm³/mol. The van der Waals surface area contributed by atoms with Crippen molar-refractivity contribution in [1.82, 2.24) is 4.90 Å². The quantitative estimate of drug-likeness (QED) is 0.414. The molecular weight excluding hydrogens is 492 g/mol. The first kappa shape index (κ1) is 24.2. The van der Waals surface area contributed by atoms with Crippen molar-refractivity contribution < 1.29 is 9.59 Å². The second-order valence-corrected chi connectivity index (χ2v) is 10.1. The van der Waals surface area contributed by atoms with Gasteiger partial charge in [0.05, 0.1) is 17.3 Å². The van der Waals surface area contributed by atoms with Gasteiger partial charge in [-0.25, -0.2) is 4.99 Å². The van der Waals surface area contributed by atoms with Gasteiger partial charge in [-0.1, -0.05) is 59.8 Å². The van der Waals surface area contributed by atoms with Crippen LogP contribution in [-0.4, -0.2) is 34.2 Å². The fraction of sp³-hybridized carbons (Fsp3) is 0.179. The Kier molecular flexibility index (Phi) is 7.11. The van der Waals surface area contributed by atoms with E-state index in [1.54, 1.807) is 36.0 Å². The summed E-state index contributed by atoms with van der Waals surface area (Å²) in [6.45, 7) is 2.68. The van der Waals surface area contributed by atoms with E-state index >= 15 is 0 Å². The van der Waals surface area contributed by atoms with Gasteiger partial charge in [0.2, 0.25) is 0 Å². The van der Waals surface area contributed by atoms with Crippen LogP contribution in [0.3, 0.4) is 0 Å². The highest BCUT2D eigenvalue weighted by Crippen LogP contribution is 2.40. The van der Waals surface area contributed by atoms with Crippen molar-refractivity contribution >= 4 is 51.7 Å². The molecule has 3 aromatic carbocycles. The summed E-state index contributed by atoms with van der Waals surface area (Å²) in [6, 6.07) is 23.6. The molecule has 3 aromatic rings. The van der Waals surface area contributed by atoms with Crippen molar-refractivity contribution in [1.29, 1.82) is 0 Å². The number of nitrogens with one attached hydrogen (secondary N) is 2. The minimum atomic E-state index is -0.322. The SMILES string of the molecule is CC1=C(C(=O)Nc2ccccc2)C(c2cccc(NC(=O)c3cccc(Cl)c3)c2)N2CCCSC2=N1. The number of amides is 2. The first-order valence-electron chi connectivity index (χ1n) is 11.7. The Morgan fingerprint density at radius 2 is 1.69 bits per heavy atom. The van der Waals surface area contributed by atoms with E-state index in [4.69, 9.17) is 16.6 Å².